The summed E-state index contributed by atoms with van der Waals surface area (Å²) in [5.74, 6) is -1.36. The fourth-order valence-corrected chi connectivity index (χ4v) is 1.60. The van der Waals surface area contributed by atoms with E-state index in [4.69, 9.17) is 16.3 Å². The van der Waals surface area contributed by atoms with Gasteiger partial charge in [0.1, 0.15) is 17.4 Å². The lowest BCUT2D eigenvalue weighted by molar-refractivity contribution is -0.385. The molecule has 0 bridgehead atoms. The number of ether oxygens (including phenoxy) is 1. The molecule has 0 unspecified atom stereocenters. The number of non-ortho nitro benzene ring substituents is 1. The number of nitro groups is 1. The fourth-order valence-electron chi connectivity index (χ4n) is 1.53. The van der Waals surface area contributed by atoms with Gasteiger partial charge >= 0.3 is 0 Å². The molecule has 1 heterocycles. The molecule has 0 radical (unpaired) electrons. The van der Waals surface area contributed by atoms with Gasteiger partial charge in [0.15, 0.2) is 11.6 Å². The maximum absolute atomic E-state index is 13.7. The number of hydrogen-bond donors (Lipinski definition) is 1. The molecular formula is C13H9ClFN3O4. The lowest BCUT2D eigenvalue weighted by atomic mass is 10.3. The number of pyridine rings is 1. The molecule has 0 spiro atoms. The molecule has 114 valence electrons. The van der Waals surface area contributed by atoms with Crippen LogP contribution in [0.5, 0.6) is 11.5 Å². The third-order valence-electron chi connectivity index (χ3n) is 2.47. The summed E-state index contributed by atoms with van der Waals surface area (Å²) in [6.45, 7) is 0. The Morgan fingerprint density at radius 2 is 2.18 bits per heavy atom. The topological polar surface area (TPSA) is 94.4 Å². The zero-order valence-electron chi connectivity index (χ0n) is 11.0. The van der Waals surface area contributed by atoms with Gasteiger partial charge in [-0.2, -0.15) is 0 Å². The predicted molar refractivity (Wildman–Crippen MR) is 76.7 cm³/mol. The minimum atomic E-state index is -0.877. The Hall–Kier alpha value is -2.74. The number of amides is 1. The van der Waals surface area contributed by atoms with Crippen molar-refractivity contribution < 1.29 is 18.8 Å². The summed E-state index contributed by atoms with van der Waals surface area (Å²) in [7, 11) is 0. The van der Waals surface area contributed by atoms with Gasteiger partial charge in [0.2, 0.25) is 5.91 Å². The monoisotopic (exact) mass is 325 g/mol. The van der Waals surface area contributed by atoms with Gasteiger partial charge in [0, 0.05) is 18.3 Å². The van der Waals surface area contributed by atoms with E-state index in [0.717, 1.165) is 18.2 Å². The summed E-state index contributed by atoms with van der Waals surface area (Å²) in [5, 5.41) is 12.9. The molecule has 0 atom stereocenters. The number of nitrogens with one attached hydrogen (secondary N) is 1. The van der Waals surface area contributed by atoms with Crippen molar-refractivity contribution in [3.8, 4) is 11.5 Å². The molecule has 0 saturated heterocycles. The van der Waals surface area contributed by atoms with Crippen molar-refractivity contribution in [2.24, 2.45) is 0 Å². The van der Waals surface area contributed by atoms with E-state index in [-0.39, 0.29) is 28.9 Å². The molecule has 0 aliphatic rings. The lowest BCUT2D eigenvalue weighted by Crippen LogP contribution is -2.13. The first-order valence-electron chi connectivity index (χ1n) is 5.93. The van der Waals surface area contributed by atoms with Crippen molar-refractivity contribution in [1.82, 2.24) is 4.98 Å². The van der Waals surface area contributed by atoms with E-state index < -0.39 is 16.6 Å². The quantitative estimate of drug-likeness (QED) is 0.518. The summed E-state index contributed by atoms with van der Waals surface area (Å²) in [4.78, 5) is 24.9. The first-order chi connectivity index (χ1) is 10.5. The number of anilines is 1. The van der Waals surface area contributed by atoms with Crippen molar-refractivity contribution in [2.75, 3.05) is 11.2 Å². The second kappa shape index (κ2) is 6.81. The molecule has 1 aromatic carbocycles. The maximum atomic E-state index is 13.7. The normalized spacial score (nSPS) is 10.1. The Labute approximate surface area is 128 Å². The zero-order valence-corrected chi connectivity index (χ0v) is 11.7. The maximum Gasteiger partial charge on any atom is 0.272 e. The van der Waals surface area contributed by atoms with Crippen LogP contribution in [-0.4, -0.2) is 21.7 Å². The number of benzene rings is 1. The Morgan fingerprint density at radius 1 is 1.41 bits per heavy atom. The fraction of sp³-hybridized carbons (Fsp3) is 0.0769. The lowest BCUT2D eigenvalue weighted by Gasteiger charge is -2.08. The number of nitrogens with zero attached hydrogens (tertiary/aromatic N) is 2. The number of alkyl halides is 1. The predicted octanol–water partition coefficient (Wildman–Crippen LogP) is 3.10. The molecule has 0 aliphatic heterocycles. The van der Waals surface area contributed by atoms with Gasteiger partial charge in [-0.25, -0.2) is 9.37 Å². The molecule has 9 heteroatoms. The van der Waals surface area contributed by atoms with Crippen molar-refractivity contribution in [1.29, 1.82) is 0 Å². The van der Waals surface area contributed by atoms with Gasteiger partial charge in [0.05, 0.1) is 11.0 Å². The van der Waals surface area contributed by atoms with Crippen LogP contribution in [-0.2, 0) is 4.79 Å². The third kappa shape index (κ3) is 3.89. The van der Waals surface area contributed by atoms with Crippen LogP contribution in [0.25, 0.3) is 0 Å². The summed E-state index contributed by atoms with van der Waals surface area (Å²) in [5.41, 5.74) is -0.380. The average Bonchev–Trinajstić information content (AvgIpc) is 2.49. The number of hydrogen-bond acceptors (Lipinski definition) is 5. The van der Waals surface area contributed by atoms with E-state index in [0.29, 0.717) is 0 Å². The second-order valence-corrected chi connectivity index (χ2v) is 4.30. The second-order valence-electron chi connectivity index (χ2n) is 4.03. The molecule has 1 amide bonds. The summed E-state index contributed by atoms with van der Waals surface area (Å²) in [6.07, 6.45) is 1.35. The van der Waals surface area contributed by atoms with Crippen molar-refractivity contribution >= 4 is 29.0 Å². The Morgan fingerprint density at radius 3 is 2.82 bits per heavy atom. The molecule has 22 heavy (non-hydrogen) atoms. The molecule has 2 aromatic rings. The van der Waals surface area contributed by atoms with Crippen LogP contribution in [0.4, 0.5) is 15.9 Å². The molecule has 7 nitrogen and oxygen atoms in total. The van der Waals surface area contributed by atoms with E-state index >= 15 is 0 Å². The molecular weight excluding hydrogens is 317 g/mol. The standard InChI is InChI=1S/C13H9ClFN3O4/c14-7-13(19)17-12-6-9(3-4-16-12)22-11-2-1-8(18(20)21)5-10(11)15/h1-6H,7H2,(H,16,17,19). The van der Waals surface area contributed by atoms with Crippen molar-refractivity contribution in [3.63, 3.8) is 0 Å². The van der Waals surface area contributed by atoms with Crippen molar-refractivity contribution in [2.45, 2.75) is 0 Å². The number of aromatic nitrogens is 1. The Bertz CT molecular complexity index is 726. The SMILES string of the molecule is O=C(CCl)Nc1cc(Oc2ccc([N+](=O)[O-])cc2F)ccn1. The van der Waals surface area contributed by atoms with Crippen LogP contribution >= 0.6 is 11.6 Å². The smallest absolute Gasteiger partial charge is 0.272 e. The zero-order chi connectivity index (χ0) is 16.1. The van der Waals surface area contributed by atoms with Crippen LogP contribution in [0.2, 0.25) is 0 Å². The van der Waals surface area contributed by atoms with E-state index in [1.807, 2.05) is 0 Å². The summed E-state index contributed by atoms with van der Waals surface area (Å²) < 4.78 is 19.0. The van der Waals surface area contributed by atoms with Gasteiger partial charge in [-0.15, -0.1) is 11.6 Å². The first kappa shape index (κ1) is 15.6. The number of nitro benzene ring substituents is 1. The van der Waals surface area contributed by atoms with E-state index in [2.05, 4.69) is 10.3 Å². The largest absolute Gasteiger partial charge is 0.454 e. The number of carbonyl (C=O) groups excluding carboxylic acids is 1. The Balaban J connectivity index is 2.18. The van der Waals surface area contributed by atoms with Crippen LogP contribution in [0.1, 0.15) is 0 Å². The molecule has 0 aliphatic carbocycles. The van der Waals surface area contributed by atoms with Crippen LogP contribution < -0.4 is 10.1 Å². The van der Waals surface area contributed by atoms with Gasteiger partial charge in [0.25, 0.3) is 5.69 Å². The number of carbonyl (C=O) groups is 1. The molecule has 1 aromatic heterocycles. The molecule has 2 rings (SSSR count). The summed E-state index contributed by atoms with van der Waals surface area (Å²) >= 11 is 5.36. The number of halogens is 2. The van der Waals surface area contributed by atoms with E-state index in [1.54, 1.807) is 0 Å². The third-order valence-corrected chi connectivity index (χ3v) is 2.72. The van der Waals surface area contributed by atoms with Gasteiger partial charge < -0.3 is 10.1 Å². The minimum absolute atomic E-state index is 0.186. The van der Waals surface area contributed by atoms with E-state index in [1.165, 1.54) is 18.3 Å². The van der Waals surface area contributed by atoms with Gasteiger partial charge in [-0.05, 0) is 12.1 Å². The van der Waals surface area contributed by atoms with Crippen molar-refractivity contribution in [3.05, 3.63) is 52.5 Å². The van der Waals surface area contributed by atoms with Crippen LogP contribution in [0, 0.1) is 15.9 Å². The highest BCUT2D eigenvalue weighted by atomic mass is 35.5. The van der Waals surface area contributed by atoms with Gasteiger partial charge in [-0.3, -0.25) is 14.9 Å². The first-order valence-corrected chi connectivity index (χ1v) is 6.46. The summed E-state index contributed by atoms with van der Waals surface area (Å²) in [6, 6.07) is 5.83. The highest BCUT2D eigenvalue weighted by Crippen LogP contribution is 2.28. The van der Waals surface area contributed by atoms with E-state index in [9.17, 15) is 19.3 Å². The highest BCUT2D eigenvalue weighted by molar-refractivity contribution is 6.29. The minimum Gasteiger partial charge on any atom is -0.454 e. The van der Waals surface area contributed by atoms with Crippen LogP contribution in [0.15, 0.2) is 36.5 Å². The Kier molecular flexibility index (Phi) is 4.84. The molecule has 1 N–H and O–H groups in total. The number of rotatable bonds is 5. The average molecular weight is 326 g/mol. The highest BCUT2D eigenvalue weighted by Gasteiger charge is 2.12. The molecule has 0 saturated carbocycles. The molecule has 0 fully saturated rings. The van der Waals surface area contributed by atoms with Crippen LogP contribution in [0.3, 0.4) is 0 Å². The van der Waals surface area contributed by atoms with Gasteiger partial charge in [-0.1, -0.05) is 0 Å².